The molecule has 0 saturated carbocycles. The second-order valence-corrected chi connectivity index (χ2v) is 9.44. The first-order valence-electron chi connectivity index (χ1n) is 10.3. The van der Waals surface area contributed by atoms with Gasteiger partial charge in [-0.05, 0) is 52.4 Å². The summed E-state index contributed by atoms with van der Waals surface area (Å²) in [4.78, 5) is 12.4. The van der Waals surface area contributed by atoms with Crippen LogP contribution in [-0.4, -0.2) is 42.7 Å². The molecule has 0 bridgehead atoms. The van der Waals surface area contributed by atoms with Crippen LogP contribution < -0.4 is 9.47 Å². The first-order chi connectivity index (χ1) is 16.1. The van der Waals surface area contributed by atoms with Gasteiger partial charge in [0.15, 0.2) is 23.4 Å². The van der Waals surface area contributed by atoms with Gasteiger partial charge in [-0.15, -0.1) is 0 Å². The molecular weight excluding hydrogens is 559 g/mol. The van der Waals surface area contributed by atoms with Crippen LogP contribution in [0.15, 0.2) is 36.4 Å². The summed E-state index contributed by atoms with van der Waals surface area (Å²) in [6, 6.07) is 8.68. The van der Waals surface area contributed by atoms with Crippen molar-refractivity contribution in [1.29, 1.82) is 0 Å². The number of carbonyl (C=O) groups is 1. The predicted octanol–water partition coefficient (Wildman–Crippen LogP) is 3.30. The van der Waals surface area contributed by atoms with Crippen LogP contribution in [0.1, 0.15) is 40.7 Å². The number of aromatic hydroxyl groups is 5. The molecule has 10 heteroatoms. The highest BCUT2D eigenvalue weighted by atomic mass is 127. The summed E-state index contributed by atoms with van der Waals surface area (Å²) in [6.45, 7) is 0. The van der Waals surface area contributed by atoms with Crippen LogP contribution in [0.3, 0.4) is 0 Å². The van der Waals surface area contributed by atoms with Crippen molar-refractivity contribution in [3.05, 3.63) is 62.2 Å². The Balaban J connectivity index is 1.67. The number of carbonyl (C=O) groups excluding carboxylic acids is 1. The van der Waals surface area contributed by atoms with Crippen molar-refractivity contribution in [3.63, 3.8) is 0 Å². The van der Waals surface area contributed by atoms with Crippen LogP contribution in [0.4, 0.5) is 0 Å². The Bertz CT molecular complexity index is 1310. The van der Waals surface area contributed by atoms with Gasteiger partial charge in [0.25, 0.3) is 0 Å². The summed E-state index contributed by atoms with van der Waals surface area (Å²) in [6.07, 6.45) is -2.30. The lowest BCUT2D eigenvalue weighted by molar-refractivity contribution is -0.135. The molecule has 2 aliphatic heterocycles. The van der Waals surface area contributed by atoms with Gasteiger partial charge in [0.05, 0.1) is 16.1 Å². The Morgan fingerprint density at radius 3 is 2.21 bits per heavy atom. The van der Waals surface area contributed by atoms with Gasteiger partial charge in [-0.25, -0.2) is 0 Å². The second kappa shape index (κ2) is 8.13. The van der Waals surface area contributed by atoms with Crippen LogP contribution in [0.2, 0.25) is 0 Å². The molecule has 0 spiro atoms. The Kier molecular flexibility index (Phi) is 5.36. The van der Waals surface area contributed by atoms with Gasteiger partial charge >= 0.3 is 5.97 Å². The summed E-state index contributed by atoms with van der Waals surface area (Å²) in [5, 5.41) is 61.1. The van der Waals surface area contributed by atoms with E-state index in [1.165, 1.54) is 6.07 Å². The average molecular weight is 578 g/mol. The van der Waals surface area contributed by atoms with Crippen molar-refractivity contribution in [1.82, 2.24) is 0 Å². The maximum Gasteiger partial charge on any atom is 0.312 e. The first kappa shape index (κ1) is 22.4. The molecule has 34 heavy (non-hydrogen) atoms. The molecule has 3 aromatic rings. The highest BCUT2D eigenvalue weighted by Crippen LogP contribution is 2.53. The number of aliphatic hydroxyl groups is 1. The number of phenols is 5. The van der Waals surface area contributed by atoms with Crippen LogP contribution in [0.25, 0.3) is 0 Å². The van der Waals surface area contributed by atoms with Gasteiger partial charge in [-0.2, -0.15) is 0 Å². The first-order valence-corrected chi connectivity index (χ1v) is 11.4. The molecule has 0 aliphatic carbocycles. The van der Waals surface area contributed by atoms with Crippen LogP contribution in [0, 0.1) is 3.57 Å². The monoisotopic (exact) mass is 578 g/mol. The number of esters is 1. The smallest absolute Gasteiger partial charge is 0.312 e. The normalized spacial score (nSPS) is 21.2. The van der Waals surface area contributed by atoms with E-state index in [0.29, 0.717) is 20.3 Å². The predicted molar refractivity (Wildman–Crippen MR) is 126 cm³/mol. The fourth-order valence-corrected chi connectivity index (χ4v) is 4.83. The molecule has 0 radical (unpaired) electrons. The van der Waals surface area contributed by atoms with Gasteiger partial charge in [0.1, 0.15) is 23.0 Å². The number of rotatable bonds is 2. The Hall–Kier alpha value is -3.38. The van der Waals surface area contributed by atoms with Crippen molar-refractivity contribution in [3.8, 4) is 40.2 Å². The minimum Gasteiger partial charge on any atom is -0.507 e. The van der Waals surface area contributed by atoms with Crippen LogP contribution >= 0.6 is 22.6 Å². The number of ether oxygens (including phenoxy) is 2. The van der Waals surface area contributed by atoms with E-state index in [2.05, 4.69) is 0 Å². The largest absolute Gasteiger partial charge is 0.507 e. The van der Waals surface area contributed by atoms with Crippen LogP contribution in [-0.2, 0) is 11.2 Å². The second-order valence-electron chi connectivity index (χ2n) is 8.27. The third kappa shape index (κ3) is 3.62. The van der Waals surface area contributed by atoms with E-state index in [1.54, 1.807) is 18.2 Å². The molecule has 2 heterocycles. The Labute approximate surface area is 206 Å². The van der Waals surface area contributed by atoms with E-state index in [9.17, 15) is 35.4 Å². The number of benzene rings is 3. The van der Waals surface area contributed by atoms with E-state index in [-0.39, 0.29) is 41.4 Å². The molecule has 0 aromatic heterocycles. The molecule has 0 fully saturated rings. The van der Waals surface area contributed by atoms with Gasteiger partial charge in [-0.1, -0.05) is 6.07 Å². The number of halogens is 1. The average Bonchev–Trinajstić information content (AvgIpc) is 2.78. The minimum absolute atomic E-state index is 0.0277. The summed E-state index contributed by atoms with van der Waals surface area (Å²) in [5.41, 5.74) is 1.61. The Morgan fingerprint density at radius 2 is 1.53 bits per heavy atom. The maximum absolute atomic E-state index is 12.4. The third-order valence-electron chi connectivity index (χ3n) is 6.10. The van der Waals surface area contributed by atoms with Gasteiger partial charge in [0, 0.05) is 35.1 Å². The molecule has 3 aromatic carbocycles. The number of aliphatic hydroxyl groups excluding tert-OH is 1. The van der Waals surface area contributed by atoms with Gasteiger partial charge < -0.3 is 40.1 Å². The zero-order chi connectivity index (χ0) is 24.3. The third-order valence-corrected chi connectivity index (χ3v) is 7.02. The van der Waals surface area contributed by atoms with Crippen molar-refractivity contribution >= 4 is 28.6 Å². The summed E-state index contributed by atoms with van der Waals surface area (Å²) in [5.74, 6) is -2.82. The summed E-state index contributed by atoms with van der Waals surface area (Å²) < 4.78 is 12.2. The molecule has 6 N–H and O–H groups in total. The van der Waals surface area contributed by atoms with E-state index in [4.69, 9.17) is 9.47 Å². The number of fused-ring (bicyclic) bond motifs is 3. The lowest BCUT2D eigenvalue weighted by Gasteiger charge is -2.36. The van der Waals surface area contributed by atoms with E-state index in [0.717, 1.165) is 12.1 Å². The lowest BCUT2D eigenvalue weighted by atomic mass is 9.82. The van der Waals surface area contributed by atoms with Gasteiger partial charge in [-0.3, -0.25) is 4.79 Å². The number of hydrogen-bond acceptors (Lipinski definition) is 9. The highest BCUT2D eigenvalue weighted by molar-refractivity contribution is 14.1. The SMILES string of the molecule is O=C1C[C@@H](c2ccc(I)c(O)c2)c2c(cc(O)c3c2O[C@H](c2cc(O)c(O)c(O)c2)[C@@H](O)C3)O1. The quantitative estimate of drug-likeness (QED) is 0.116. The van der Waals surface area contributed by atoms with Crippen molar-refractivity contribution in [2.45, 2.75) is 31.0 Å². The zero-order valence-electron chi connectivity index (χ0n) is 17.4. The van der Waals surface area contributed by atoms with Crippen molar-refractivity contribution in [2.75, 3.05) is 0 Å². The molecule has 9 nitrogen and oxygen atoms in total. The van der Waals surface area contributed by atoms with Crippen molar-refractivity contribution in [2.24, 2.45) is 0 Å². The molecule has 5 rings (SSSR count). The standard InChI is InChI=1S/C24H19IO9/c25-13-2-1-9(3-15(13)27)11-7-20(31)33-19-8-14(26)12-6-18(30)23(34-24(12)21(11)19)10-4-16(28)22(32)17(29)5-10/h1-5,8,11,18,23,26-30,32H,6-7H2/t11-,18-,23+/m0/s1. The maximum atomic E-state index is 12.4. The fraction of sp³-hybridized carbons (Fsp3) is 0.208. The number of phenolic OH excluding ortho intramolecular Hbond substituents is 5. The topological polar surface area (TPSA) is 157 Å². The van der Waals surface area contributed by atoms with Gasteiger partial charge in [0.2, 0.25) is 0 Å². The Morgan fingerprint density at radius 1 is 0.853 bits per heavy atom. The fourth-order valence-electron chi connectivity index (χ4n) is 4.49. The molecule has 0 unspecified atom stereocenters. The number of hydrogen-bond donors (Lipinski definition) is 6. The van der Waals surface area contributed by atoms with Crippen molar-refractivity contribution < 1.29 is 44.9 Å². The van der Waals surface area contributed by atoms with E-state index < -0.39 is 41.3 Å². The van der Waals surface area contributed by atoms with E-state index >= 15 is 0 Å². The zero-order valence-corrected chi connectivity index (χ0v) is 19.6. The molecule has 176 valence electrons. The molecular formula is C24H19IO9. The summed E-state index contributed by atoms with van der Waals surface area (Å²) >= 11 is 1.99. The molecule has 0 saturated heterocycles. The van der Waals surface area contributed by atoms with Crippen LogP contribution in [0.5, 0.6) is 40.2 Å². The molecule has 0 amide bonds. The highest BCUT2D eigenvalue weighted by Gasteiger charge is 2.40. The minimum atomic E-state index is -1.16. The molecule has 3 atom stereocenters. The van der Waals surface area contributed by atoms with E-state index in [1.807, 2.05) is 22.6 Å². The lowest BCUT2D eigenvalue weighted by Crippen LogP contribution is -2.32. The summed E-state index contributed by atoms with van der Waals surface area (Å²) in [7, 11) is 0. The molecule has 2 aliphatic rings.